The molecule has 0 bridgehead atoms. The molecular formula is C7H13NO2. The van der Waals surface area contributed by atoms with Crippen molar-refractivity contribution in [3.63, 3.8) is 0 Å². The molecule has 0 saturated carbocycles. The molecule has 0 saturated heterocycles. The predicted octanol–water partition coefficient (Wildman–Crippen LogP) is 0.577. The number of hydrogen-bond acceptors (Lipinski definition) is 2. The highest BCUT2D eigenvalue weighted by Gasteiger charge is 2.14. The Hall–Kier alpha value is -0.830. The molecule has 0 unspecified atom stereocenters. The third-order valence-electron chi connectivity index (χ3n) is 1.44. The van der Waals surface area contributed by atoms with Gasteiger partial charge in [0.25, 0.3) is 0 Å². The van der Waals surface area contributed by atoms with E-state index in [-0.39, 0.29) is 0 Å². The molecule has 0 amide bonds. The summed E-state index contributed by atoms with van der Waals surface area (Å²) in [4.78, 5) is 12.0. The lowest BCUT2D eigenvalue weighted by Crippen LogP contribution is -2.35. The topological polar surface area (TPSA) is 40.5 Å². The van der Waals surface area contributed by atoms with Crippen molar-refractivity contribution in [2.24, 2.45) is 0 Å². The third-order valence-corrected chi connectivity index (χ3v) is 1.44. The van der Waals surface area contributed by atoms with Crippen molar-refractivity contribution in [2.75, 3.05) is 13.6 Å². The van der Waals surface area contributed by atoms with Gasteiger partial charge in [0.1, 0.15) is 6.04 Å². The van der Waals surface area contributed by atoms with E-state index in [2.05, 4.69) is 6.58 Å². The monoisotopic (exact) mass is 143 g/mol. The Morgan fingerprint density at radius 3 is 2.70 bits per heavy atom. The number of aliphatic carboxylic acids is 1. The molecule has 0 rings (SSSR count). The zero-order valence-electron chi connectivity index (χ0n) is 6.37. The average Bonchev–Trinajstić information content (AvgIpc) is 1.87. The number of likely N-dealkylation sites (N-methyl/N-ethyl adjacent to an activating group) is 1. The van der Waals surface area contributed by atoms with E-state index in [0.717, 1.165) is 0 Å². The van der Waals surface area contributed by atoms with Gasteiger partial charge in [-0.05, 0) is 14.0 Å². The summed E-state index contributed by atoms with van der Waals surface area (Å²) in [5, 5.41) is 8.50. The molecule has 0 aromatic heterocycles. The van der Waals surface area contributed by atoms with E-state index in [0.29, 0.717) is 6.54 Å². The van der Waals surface area contributed by atoms with Gasteiger partial charge in [-0.3, -0.25) is 9.69 Å². The van der Waals surface area contributed by atoms with Gasteiger partial charge >= 0.3 is 5.97 Å². The van der Waals surface area contributed by atoms with Gasteiger partial charge in [0.05, 0.1) is 0 Å². The summed E-state index contributed by atoms with van der Waals surface area (Å²) in [6.07, 6.45) is 1.68. The molecule has 10 heavy (non-hydrogen) atoms. The van der Waals surface area contributed by atoms with E-state index >= 15 is 0 Å². The van der Waals surface area contributed by atoms with E-state index in [4.69, 9.17) is 5.11 Å². The molecule has 0 aliphatic heterocycles. The first-order valence-electron chi connectivity index (χ1n) is 3.13. The zero-order chi connectivity index (χ0) is 8.15. The van der Waals surface area contributed by atoms with Gasteiger partial charge in [0, 0.05) is 6.54 Å². The molecular weight excluding hydrogens is 130 g/mol. The van der Waals surface area contributed by atoms with E-state index in [1.807, 2.05) is 0 Å². The van der Waals surface area contributed by atoms with Crippen LogP contribution in [0.15, 0.2) is 12.7 Å². The second-order valence-corrected chi connectivity index (χ2v) is 2.24. The zero-order valence-corrected chi connectivity index (χ0v) is 6.37. The summed E-state index contributed by atoms with van der Waals surface area (Å²) in [5.41, 5.74) is 0. The summed E-state index contributed by atoms with van der Waals surface area (Å²) in [5.74, 6) is -0.802. The van der Waals surface area contributed by atoms with Crippen molar-refractivity contribution < 1.29 is 9.90 Å². The van der Waals surface area contributed by atoms with Gasteiger partial charge in [-0.2, -0.15) is 0 Å². The van der Waals surface area contributed by atoms with Crippen LogP contribution in [0.5, 0.6) is 0 Å². The normalized spacial score (nSPS) is 13.1. The second kappa shape index (κ2) is 4.06. The molecule has 0 aliphatic carbocycles. The Morgan fingerprint density at radius 1 is 1.90 bits per heavy atom. The first kappa shape index (κ1) is 9.17. The number of rotatable bonds is 4. The van der Waals surface area contributed by atoms with E-state index < -0.39 is 12.0 Å². The Labute approximate surface area is 61.0 Å². The van der Waals surface area contributed by atoms with E-state index in [9.17, 15) is 4.79 Å². The van der Waals surface area contributed by atoms with Crippen LogP contribution in [-0.4, -0.2) is 35.6 Å². The smallest absolute Gasteiger partial charge is 0.320 e. The first-order valence-corrected chi connectivity index (χ1v) is 3.13. The molecule has 0 aromatic carbocycles. The van der Waals surface area contributed by atoms with Crippen LogP contribution in [0.2, 0.25) is 0 Å². The summed E-state index contributed by atoms with van der Waals surface area (Å²) < 4.78 is 0. The highest BCUT2D eigenvalue weighted by molar-refractivity contribution is 5.72. The van der Waals surface area contributed by atoms with Crippen LogP contribution in [0.4, 0.5) is 0 Å². The highest BCUT2D eigenvalue weighted by atomic mass is 16.4. The van der Waals surface area contributed by atoms with E-state index in [1.165, 1.54) is 0 Å². The third kappa shape index (κ3) is 2.64. The molecule has 0 fully saturated rings. The largest absolute Gasteiger partial charge is 0.480 e. The molecule has 1 N–H and O–H groups in total. The van der Waals surface area contributed by atoms with Crippen LogP contribution in [0, 0.1) is 0 Å². The fraction of sp³-hybridized carbons (Fsp3) is 0.571. The SMILES string of the molecule is C=CCN(C)[C@@H](C)C(=O)O. The number of carbonyl (C=O) groups is 1. The van der Waals surface area contributed by atoms with Crippen LogP contribution in [0.25, 0.3) is 0 Å². The maximum absolute atomic E-state index is 10.3. The fourth-order valence-corrected chi connectivity index (χ4v) is 0.550. The standard InChI is InChI=1S/C7H13NO2/c1-4-5-8(3)6(2)7(9)10/h4,6H,1,5H2,2-3H3,(H,9,10)/t6-/m0/s1. The lowest BCUT2D eigenvalue weighted by molar-refractivity contribution is -0.141. The van der Waals surface area contributed by atoms with E-state index in [1.54, 1.807) is 24.9 Å². The molecule has 0 heterocycles. The number of carboxylic acid groups (broad SMARTS) is 1. The van der Waals surface area contributed by atoms with Crippen molar-refractivity contribution >= 4 is 5.97 Å². The minimum atomic E-state index is -0.802. The van der Waals surface area contributed by atoms with Gasteiger partial charge in [-0.15, -0.1) is 6.58 Å². The fourth-order valence-electron chi connectivity index (χ4n) is 0.550. The Morgan fingerprint density at radius 2 is 2.40 bits per heavy atom. The first-order chi connectivity index (χ1) is 4.59. The van der Waals surface area contributed by atoms with Gasteiger partial charge < -0.3 is 5.11 Å². The summed E-state index contributed by atoms with van der Waals surface area (Å²) in [6, 6.07) is -0.432. The van der Waals surface area contributed by atoms with Gasteiger partial charge in [-0.25, -0.2) is 0 Å². The lowest BCUT2D eigenvalue weighted by Gasteiger charge is -2.18. The second-order valence-electron chi connectivity index (χ2n) is 2.24. The predicted molar refractivity (Wildman–Crippen MR) is 39.9 cm³/mol. The van der Waals surface area contributed by atoms with Crippen molar-refractivity contribution in [1.29, 1.82) is 0 Å². The van der Waals surface area contributed by atoms with Crippen LogP contribution < -0.4 is 0 Å². The number of nitrogens with zero attached hydrogens (tertiary/aromatic N) is 1. The molecule has 0 radical (unpaired) electrons. The Balaban J connectivity index is 3.80. The summed E-state index contributed by atoms with van der Waals surface area (Å²) in [7, 11) is 1.75. The molecule has 0 spiro atoms. The minimum Gasteiger partial charge on any atom is -0.480 e. The summed E-state index contributed by atoms with van der Waals surface area (Å²) >= 11 is 0. The Bertz CT molecular complexity index is 134. The van der Waals surface area contributed by atoms with Crippen molar-refractivity contribution in [1.82, 2.24) is 4.90 Å². The van der Waals surface area contributed by atoms with Crippen LogP contribution in [0.3, 0.4) is 0 Å². The lowest BCUT2D eigenvalue weighted by atomic mass is 10.3. The van der Waals surface area contributed by atoms with Crippen molar-refractivity contribution in [3.8, 4) is 0 Å². The van der Waals surface area contributed by atoms with Crippen LogP contribution in [-0.2, 0) is 4.79 Å². The Kier molecular flexibility index (Phi) is 3.72. The molecule has 3 nitrogen and oxygen atoms in total. The van der Waals surface area contributed by atoms with Gasteiger partial charge in [0.2, 0.25) is 0 Å². The molecule has 0 aromatic rings. The molecule has 3 heteroatoms. The summed E-state index contributed by atoms with van der Waals surface area (Å²) in [6.45, 7) is 5.76. The average molecular weight is 143 g/mol. The maximum atomic E-state index is 10.3. The highest BCUT2D eigenvalue weighted by Crippen LogP contribution is 1.93. The molecule has 1 atom stereocenters. The van der Waals surface area contributed by atoms with Gasteiger partial charge in [0.15, 0.2) is 0 Å². The quantitative estimate of drug-likeness (QED) is 0.585. The maximum Gasteiger partial charge on any atom is 0.320 e. The van der Waals surface area contributed by atoms with Crippen LogP contribution >= 0.6 is 0 Å². The van der Waals surface area contributed by atoms with Crippen LogP contribution in [0.1, 0.15) is 6.92 Å². The number of hydrogen-bond donors (Lipinski definition) is 1. The van der Waals surface area contributed by atoms with Crippen molar-refractivity contribution in [3.05, 3.63) is 12.7 Å². The van der Waals surface area contributed by atoms with Crippen molar-refractivity contribution in [2.45, 2.75) is 13.0 Å². The number of carboxylic acids is 1. The van der Waals surface area contributed by atoms with Gasteiger partial charge in [-0.1, -0.05) is 6.08 Å². The minimum absolute atomic E-state index is 0.432. The molecule has 0 aliphatic rings. The molecule has 58 valence electrons.